The standard InChI is InChI=1S/C9H17N3O4/c1-2-3-11-5-8(14)12-6(9(15)16)4-7(10)13/h6,11H,2-5H2,1H3,(H2,10,13)(H,12,14)(H,15,16). The summed E-state index contributed by atoms with van der Waals surface area (Å²) in [6, 6.07) is -1.26. The van der Waals surface area contributed by atoms with E-state index in [0.717, 1.165) is 6.42 Å². The number of carboxylic acids is 1. The lowest BCUT2D eigenvalue weighted by atomic mass is 10.2. The number of carboxylic acid groups (broad SMARTS) is 1. The molecule has 7 nitrogen and oxygen atoms in total. The fourth-order valence-electron chi connectivity index (χ4n) is 1.03. The molecule has 0 spiro atoms. The van der Waals surface area contributed by atoms with Crippen LogP contribution in [0.4, 0.5) is 0 Å². The minimum absolute atomic E-state index is 0.0242. The number of amides is 2. The van der Waals surface area contributed by atoms with E-state index in [1.807, 2.05) is 6.92 Å². The summed E-state index contributed by atoms with van der Waals surface area (Å²) >= 11 is 0. The van der Waals surface area contributed by atoms with Gasteiger partial charge in [-0.2, -0.15) is 0 Å². The van der Waals surface area contributed by atoms with Crippen LogP contribution in [0.1, 0.15) is 19.8 Å². The molecule has 7 heteroatoms. The molecule has 0 saturated carbocycles. The quantitative estimate of drug-likeness (QED) is 0.376. The van der Waals surface area contributed by atoms with Crippen LogP contribution >= 0.6 is 0 Å². The van der Waals surface area contributed by atoms with Gasteiger partial charge in [0, 0.05) is 0 Å². The number of carbonyl (C=O) groups excluding carboxylic acids is 2. The molecule has 1 unspecified atom stereocenters. The third kappa shape index (κ3) is 6.77. The summed E-state index contributed by atoms with van der Waals surface area (Å²) in [5.41, 5.74) is 4.86. The highest BCUT2D eigenvalue weighted by molar-refractivity contribution is 5.88. The van der Waals surface area contributed by atoms with Crippen LogP contribution in [-0.2, 0) is 14.4 Å². The Balaban J connectivity index is 4.03. The number of aliphatic carboxylic acids is 1. The third-order valence-corrected chi connectivity index (χ3v) is 1.75. The maximum Gasteiger partial charge on any atom is 0.326 e. The zero-order valence-electron chi connectivity index (χ0n) is 9.16. The van der Waals surface area contributed by atoms with Crippen molar-refractivity contribution < 1.29 is 19.5 Å². The topological polar surface area (TPSA) is 122 Å². The summed E-state index contributed by atoms with van der Waals surface area (Å²) in [5.74, 6) is -2.51. The SMILES string of the molecule is CCCNCC(=O)NC(CC(N)=O)C(=O)O. The molecule has 0 bridgehead atoms. The van der Waals surface area contributed by atoms with Gasteiger partial charge in [0.25, 0.3) is 0 Å². The zero-order valence-corrected chi connectivity index (χ0v) is 9.16. The summed E-state index contributed by atoms with van der Waals surface area (Å²) in [5, 5.41) is 13.7. The van der Waals surface area contributed by atoms with Gasteiger partial charge in [0.2, 0.25) is 11.8 Å². The molecule has 0 aliphatic carbocycles. The molecule has 92 valence electrons. The third-order valence-electron chi connectivity index (χ3n) is 1.75. The van der Waals surface area contributed by atoms with Gasteiger partial charge < -0.3 is 21.5 Å². The zero-order chi connectivity index (χ0) is 12.6. The second kappa shape index (κ2) is 7.63. The highest BCUT2D eigenvalue weighted by atomic mass is 16.4. The van der Waals surface area contributed by atoms with Crippen LogP contribution in [-0.4, -0.2) is 42.0 Å². The van der Waals surface area contributed by atoms with Crippen molar-refractivity contribution in [3.05, 3.63) is 0 Å². The smallest absolute Gasteiger partial charge is 0.326 e. The van der Waals surface area contributed by atoms with Gasteiger partial charge in [0.05, 0.1) is 13.0 Å². The Morgan fingerprint density at radius 1 is 1.38 bits per heavy atom. The van der Waals surface area contributed by atoms with E-state index in [0.29, 0.717) is 6.54 Å². The van der Waals surface area contributed by atoms with Gasteiger partial charge >= 0.3 is 5.97 Å². The van der Waals surface area contributed by atoms with Crippen molar-refractivity contribution in [2.24, 2.45) is 5.73 Å². The largest absolute Gasteiger partial charge is 0.480 e. The van der Waals surface area contributed by atoms with Gasteiger partial charge in [-0.15, -0.1) is 0 Å². The van der Waals surface area contributed by atoms with E-state index < -0.39 is 30.2 Å². The van der Waals surface area contributed by atoms with Crippen LogP contribution in [0.5, 0.6) is 0 Å². The molecule has 5 N–H and O–H groups in total. The van der Waals surface area contributed by atoms with Crippen LogP contribution < -0.4 is 16.4 Å². The molecular formula is C9H17N3O4. The average Bonchev–Trinajstić information content (AvgIpc) is 2.16. The lowest BCUT2D eigenvalue weighted by Gasteiger charge is -2.12. The van der Waals surface area contributed by atoms with Gasteiger partial charge in [-0.1, -0.05) is 6.92 Å². The van der Waals surface area contributed by atoms with Crippen LogP contribution in [0, 0.1) is 0 Å². The van der Waals surface area contributed by atoms with E-state index >= 15 is 0 Å². The minimum atomic E-state index is -1.28. The Labute approximate surface area is 93.4 Å². The van der Waals surface area contributed by atoms with Gasteiger partial charge in [-0.05, 0) is 13.0 Å². The average molecular weight is 231 g/mol. The summed E-state index contributed by atoms with van der Waals surface area (Å²) in [7, 11) is 0. The van der Waals surface area contributed by atoms with Crippen molar-refractivity contribution in [2.75, 3.05) is 13.1 Å². The van der Waals surface area contributed by atoms with Crippen molar-refractivity contribution >= 4 is 17.8 Å². The molecule has 0 saturated heterocycles. The van der Waals surface area contributed by atoms with Gasteiger partial charge in [0.15, 0.2) is 0 Å². The van der Waals surface area contributed by atoms with E-state index in [1.54, 1.807) is 0 Å². The highest BCUT2D eigenvalue weighted by Gasteiger charge is 2.21. The number of nitrogens with one attached hydrogen (secondary N) is 2. The molecule has 0 aromatic heterocycles. The van der Waals surface area contributed by atoms with Crippen LogP contribution in [0.15, 0.2) is 0 Å². The maximum absolute atomic E-state index is 11.2. The molecule has 0 rings (SSSR count). The summed E-state index contributed by atoms with van der Waals surface area (Å²) in [6.07, 6.45) is 0.464. The van der Waals surface area contributed by atoms with Crippen LogP contribution in [0.3, 0.4) is 0 Å². The number of hydrogen-bond donors (Lipinski definition) is 4. The van der Waals surface area contributed by atoms with Crippen molar-refractivity contribution in [3.63, 3.8) is 0 Å². The van der Waals surface area contributed by atoms with E-state index in [2.05, 4.69) is 10.6 Å². The molecule has 2 amide bonds. The van der Waals surface area contributed by atoms with E-state index in [-0.39, 0.29) is 6.54 Å². The molecule has 0 aliphatic heterocycles. The molecule has 16 heavy (non-hydrogen) atoms. The first-order valence-corrected chi connectivity index (χ1v) is 4.98. The summed E-state index contributed by atoms with van der Waals surface area (Å²) in [6.45, 7) is 2.63. The minimum Gasteiger partial charge on any atom is -0.480 e. The molecule has 1 atom stereocenters. The molecule has 0 aliphatic rings. The van der Waals surface area contributed by atoms with Crippen LogP contribution in [0.25, 0.3) is 0 Å². The molecular weight excluding hydrogens is 214 g/mol. The molecule has 0 fully saturated rings. The first-order chi connectivity index (χ1) is 7.47. The Bertz CT molecular complexity index is 267. The number of carbonyl (C=O) groups is 3. The number of primary amides is 1. The molecule has 0 aromatic carbocycles. The summed E-state index contributed by atoms with van der Waals surface area (Å²) < 4.78 is 0. The second-order valence-corrected chi connectivity index (χ2v) is 3.31. The first kappa shape index (κ1) is 14.4. The molecule has 0 radical (unpaired) electrons. The number of nitrogens with two attached hydrogens (primary N) is 1. The second-order valence-electron chi connectivity index (χ2n) is 3.31. The van der Waals surface area contributed by atoms with Crippen molar-refractivity contribution in [3.8, 4) is 0 Å². The van der Waals surface area contributed by atoms with E-state index in [9.17, 15) is 14.4 Å². The molecule has 0 aromatic rings. The number of rotatable bonds is 8. The Kier molecular flexibility index (Phi) is 6.86. The van der Waals surface area contributed by atoms with Crippen molar-refractivity contribution in [1.29, 1.82) is 0 Å². The number of hydrogen-bond acceptors (Lipinski definition) is 4. The molecule has 0 heterocycles. The van der Waals surface area contributed by atoms with E-state index in [4.69, 9.17) is 10.8 Å². The highest BCUT2D eigenvalue weighted by Crippen LogP contribution is 1.91. The predicted octanol–water partition coefficient (Wildman–Crippen LogP) is -1.57. The lowest BCUT2D eigenvalue weighted by Crippen LogP contribution is -2.46. The van der Waals surface area contributed by atoms with Gasteiger partial charge in [-0.3, -0.25) is 9.59 Å². The first-order valence-electron chi connectivity index (χ1n) is 4.98. The fraction of sp³-hybridized carbons (Fsp3) is 0.667. The van der Waals surface area contributed by atoms with Crippen molar-refractivity contribution in [1.82, 2.24) is 10.6 Å². The van der Waals surface area contributed by atoms with Crippen LogP contribution in [0.2, 0.25) is 0 Å². The van der Waals surface area contributed by atoms with E-state index in [1.165, 1.54) is 0 Å². The Morgan fingerprint density at radius 2 is 2.00 bits per heavy atom. The monoisotopic (exact) mass is 231 g/mol. The lowest BCUT2D eigenvalue weighted by molar-refractivity contribution is -0.143. The maximum atomic E-state index is 11.2. The fourth-order valence-corrected chi connectivity index (χ4v) is 1.03. The predicted molar refractivity (Wildman–Crippen MR) is 56.5 cm³/mol. The Hall–Kier alpha value is -1.63. The van der Waals surface area contributed by atoms with Gasteiger partial charge in [0.1, 0.15) is 6.04 Å². The summed E-state index contributed by atoms with van der Waals surface area (Å²) in [4.78, 5) is 32.4. The normalized spacial score (nSPS) is 11.8. The Morgan fingerprint density at radius 3 is 2.44 bits per heavy atom. The van der Waals surface area contributed by atoms with Crippen molar-refractivity contribution in [2.45, 2.75) is 25.8 Å². The van der Waals surface area contributed by atoms with Gasteiger partial charge in [-0.25, -0.2) is 4.79 Å².